The average Bonchev–Trinajstić information content (AvgIpc) is 2.79. The van der Waals surface area contributed by atoms with Gasteiger partial charge in [0.25, 0.3) is 5.91 Å². The normalized spacial score (nSPS) is 24.4. The molecular weight excluding hydrogens is 435 g/mol. The van der Waals surface area contributed by atoms with Gasteiger partial charge in [0, 0.05) is 15.8 Å². The molecule has 7 nitrogen and oxygen atoms in total. The third-order valence-electron chi connectivity index (χ3n) is 3.46. The topological polar surface area (TPSA) is 84.9 Å². The molecule has 0 aromatic carbocycles. The third kappa shape index (κ3) is 4.52. The zero-order valence-corrected chi connectivity index (χ0v) is 16.4. The van der Waals surface area contributed by atoms with Crippen molar-refractivity contribution in [1.82, 2.24) is 9.62 Å². The maximum atomic E-state index is 12.8. The largest absolute Gasteiger partial charge is 0.447 e. The lowest BCUT2D eigenvalue weighted by atomic mass is 10.0. The smallest absolute Gasteiger partial charge is 0.416 e. The van der Waals surface area contributed by atoms with Crippen LogP contribution < -0.4 is 4.72 Å². The Morgan fingerprint density at radius 2 is 2.09 bits per heavy atom. The molecule has 0 aromatic heterocycles. The van der Waals surface area contributed by atoms with E-state index < -0.39 is 33.8 Å². The number of imide groups is 1. The molecular formula is C14H21IN2O5S. The van der Waals surface area contributed by atoms with E-state index in [-0.39, 0.29) is 13.2 Å². The monoisotopic (exact) mass is 456 g/mol. The number of amides is 2. The first-order chi connectivity index (χ1) is 10.7. The zero-order chi connectivity index (χ0) is 17.2. The first-order valence-corrected chi connectivity index (χ1v) is 9.57. The highest BCUT2D eigenvalue weighted by molar-refractivity contribution is 14.1. The van der Waals surface area contributed by atoms with Crippen LogP contribution in [-0.4, -0.2) is 58.3 Å². The van der Waals surface area contributed by atoms with Gasteiger partial charge in [0.05, 0.1) is 34.9 Å². The Balaban J connectivity index is 2.27. The van der Waals surface area contributed by atoms with Crippen LogP contribution in [0.3, 0.4) is 0 Å². The SMILES string of the molecule is CC(C)(C)S(=O)NC1CCOCC(I)=C1C(=O)N1CCOC1=O. The molecule has 0 aromatic rings. The number of carbonyl (C=O) groups is 2. The molecule has 0 saturated carbocycles. The number of nitrogens with one attached hydrogen (secondary N) is 1. The number of ether oxygens (including phenoxy) is 2. The molecule has 0 bridgehead atoms. The number of hydrogen-bond donors (Lipinski definition) is 1. The highest BCUT2D eigenvalue weighted by atomic mass is 127. The fourth-order valence-electron chi connectivity index (χ4n) is 2.19. The van der Waals surface area contributed by atoms with Crippen LogP contribution in [0.4, 0.5) is 4.79 Å². The minimum Gasteiger partial charge on any atom is -0.447 e. The van der Waals surface area contributed by atoms with Gasteiger partial charge in [0.1, 0.15) is 6.61 Å². The summed E-state index contributed by atoms with van der Waals surface area (Å²) in [7, 11) is -1.33. The Hall–Kier alpha value is -0.520. The Bertz CT molecular complexity index is 558. The van der Waals surface area contributed by atoms with Crippen molar-refractivity contribution in [1.29, 1.82) is 0 Å². The lowest BCUT2D eigenvalue weighted by molar-refractivity contribution is -0.124. The van der Waals surface area contributed by atoms with Crippen molar-refractivity contribution in [3.63, 3.8) is 0 Å². The predicted molar refractivity (Wildman–Crippen MR) is 94.4 cm³/mol. The minimum atomic E-state index is -1.33. The number of nitrogens with zero attached hydrogens (tertiary/aromatic N) is 1. The molecule has 2 aliphatic rings. The van der Waals surface area contributed by atoms with Crippen molar-refractivity contribution in [2.24, 2.45) is 0 Å². The van der Waals surface area contributed by atoms with E-state index in [4.69, 9.17) is 9.47 Å². The van der Waals surface area contributed by atoms with Gasteiger partial charge in [-0.1, -0.05) is 0 Å². The lowest BCUT2D eigenvalue weighted by Crippen LogP contribution is -2.45. The van der Waals surface area contributed by atoms with E-state index in [9.17, 15) is 13.8 Å². The van der Waals surface area contributed by atoms with E-state index in [1.807, 2.05) is 20.8 Å². The summed E-state index contributed by atoms with van der Waals surface area (Å²) in [6, 6.07) is -0.426. The van der Waals surface area contributed by atoms with Gasteiger partial charge >= 0.3 is 6.09 Å². The van der Waals surface area contributed by atoms with Crippen molar-refractivity contribution in [3.05, 3.63) is 9.15 Å². The van der Waals surface area contributed by atoms with Crippen LogP contribution in [0.5, 0.6) is 0 Å². The van der Waals surface area contributed by atoms with Gasteiger partial charge in [-0.2, -0.15) is 0 Å². The molecule has 1 fully saturated rings. The van der Waals surface area contributed by atoms with E-state index in [1.54, 1.807) is 0 Å². The molecule has 0 radical (unpaired) electrons. The molecule has 130 valence electrons. The molecule has 0 spiro atoms. The zero-order valence-electron chi connectivity index (χ0n) is 13.4. The van der Waals surface area contributed by atoms with Crippen LogP contribution in [-0.2, 0) is 25.3 Å². The molecule has 23 heavy (non-hydrogen) atoms. The number of hydrogen-bond acceptors (Lipinski definition) is 5. The van der Waals surface area contributed by atoms with Gasteiger partial charge in [-0.05, 0) is 49.8 Å². The summed E-state index contributed by atoms with van der Waals surface area (Å²) in [6.45, 7) is 6.78. The van der Waals surface area contributed by atoms with Crippen molar-refractivity contribution >= 4 is 45.6 Å². The van der Waals surface area contributed by atoms with Crippen LogP contribution in [0.1, 0.15) is 27.2 Å². The molecule has 2 heterocycles. The van der Waals surface area contributed by atoms with Gasteiger partial charge in [0.2, 0.25) is 0 Å². The number of halogens is 1. The van der Waals surface area contributed by atoms with Crippen LogP contribution in [0.25, 0.3) is 0 Å². The number of rotatable bonds is 3. The predicted octanol–water partition coefficient (Wildman–Crippen LogP) is 1.50. The first kappa shape index (κ1) is 18.8. The van der Waals surface area contributed by atoms with Gasteiger partial charge < -0.3 is 9.47 Å². The Kier molecular flexibility index (Phi) is 6.20. The quantitative estimate of drug-likeness (QED) is 0.651. The van der Waals surface area contributed by atoms with E-state index in [2.05, 4.69) is 27.3 Å². The van der Waals surface area contributed by atoms with E-state index in [0.29, 0.717) is 28.8 Å². The van der Waals surface area contributed by atoms with Crippen molar-refractivity contribution < 1.29 is 23.3 Å². The second kappa shape index (κ2) is 7.58. The summed E-state index contributed by atoms with van der Waals surface area (Å²) in [5, 5.41) is 0. The first-order valence-electron chi connectivity index (χ1n) is 7.34. The highest BCUT2D eigenvalue weighted by Crippen LogP contribution is 2.26. The molecule has 2 aliphatic heterocycles. The average molecular weight is 456 g/mol. The van der Waals surface area contributed by atoms with Crippen molar-refractivity contribution in [2.45, 2.75) is 38.0 Å². The summed E-state index contributed by atoms with van der Waals surface area (Å²) in [4.78, 5) is 25.6. The summed E-state index contributed by atoms with van der Waals surface area (Å²) in [5.74, 6) is -0.397. The molecule has 1 N–H and O–H groups in total. The second-order valence-corrected chi connectivity index (χ2v) is 9.58. The summed E-state index contributed by atoms with van der Waals surface area (Å²) < 4.78 is 26.0. The third-order valence-corrected chi connectivity index (χ3v) is 5.97. The summed E-state index contributed by atoms with van der Waals surface area (Å²) in [5.41, 5.74) is 0.444. The molecule has 1 saturated heterocycles. The van der Waals surface area contributed by atoms with Crippen molar-refractivity contribution in [2.75, 3.05) is 26.4 Å². The molecule has 9 heteroatoms. The fourth-order valence-corrected chi connectivity index (χ4v) is 3.86. The van der Waals surface area contributed by atoms with E-state index in [1.165, 1.54) is 0 Å². The summed E-state index contributed by atoms with van der Waals surface area (Å²) in [6.07, 6.45) is -0.120. The molecule has 2 atom stereocenters. The van der Waals surface area contributed by atoms with Crippen LogP contribution in [0.2, 0.25) is 0 Å². The molecule has 2 amide bonds. The maximum Gasteiger partial charge on any atom is 0.416 e. The van der Waals surface area contributed by atoms with Gasteiger partial charge in [-0.25, -0.2) is 18.6 Å². The molecule has 0 aliphatic carbocycles. The lowest BCUT2D eigenvalue weighted by Gasteiger charge is -2.26. The van der Waals surface area contributed by atoms with Crippen molar-refractivity contribution in [3.8, 4) is 0 Å². The van der Waals surface area contributed by atoms with E-state index in [0.717, 1.165) is 4.90 Å². The van der Waals surface area contributed by atoms with Crippen LogP contribution >= 0.6 is 22.6 Å². The Morgan fingerprint density at radius 3 is 2.65 bits per heavy atom. The van der Waals surface area contributed by atoms with E-state index >= 15 is 0 Å². The highest BCUT2D eigenvalue weighted by Gasteiger charge is 2.37. The Morgan fingerprint density at radius 1 is 1.39 bits per heavy atom. The second-order valence-electron chi connectivity index (χ2n) is 6.28. The van der Waals surface area contributed by atoms with Gasteiger partial charge in [-0.3, -0.25) is 4.79 Å². The fraction of sp³-hybridized carbons (Fsp3) is 0.714. The number of cyclic esters (lactones) is 1. The summed E-state index contributed by atoms with van der Waals surface area (Å²) >= 11 is 2.05. The van der Waals surface area contributed by atoms with Crippen LogP contribution in [0, 0.1) is 0 Å². The standard InChI is InChI=1S/C14H21IN2O5S/c1-14(2,3)23(20)16-10-4-6-21-8-9(15)11(10)12(18)17-5-7-22-13(17)19/h10,16H,4-8H2,1-3H3. The maximum absolute atomic E-state index is 12.8. The number of carbonyl (C=O) groups excluding carboxylic acids is 2. The van der Waals surface area contributed by atoms with Gasteiger partial charge in [-0.15, -0.1) is 0 Å². The molecule has 2 rings (SSSR count). The minimum absolute atomic E-state index is 0.205. The van der Waals surface area contributed by atoms with Gasteiger partial charge in [0.15, 0.2) is 0 Å². The molecule has 2 unspecified atom stereocenters. The Labute approximate surface area is 151 Å². The van der Waals surface area contributed by atoms with Crippen LogP contribution in [0.15, 0.2) is 9.15 Å².